The summed E-state index contributed by atoms with van der Waals surface area (Å²) < 4.78 is 1.72. The van der Waals surface area contributed by atoms with Gasteiger partial charge in [-0.1, -0.05) is 37.7 Å². The number of carboxylic acid groups (broad SMARTS) is 1. The van der Waals surface area contributed by atoms with Gasteiger partial charge < -0.3 is 5.11 Å². The molecule has 0 atom stereocenters. The second kappa shape index (κ2) is 6.58. The van der Waals surface area contributed by atoms with Crippen molar-refractivity contribution in [2.45, 2.75) is 24.9 Å². The Morgan fingerprint density at radius 2 is 1.95 bits per heavy atom. The molecular formula is C15H16N2O3S. The Bertz CT molecular complexity index is 693. The fourth-order valence-corrected chi connectivity index (χ4v) is 2.54. The minimum atomic E-state index is -0.945. The Kier molecular flexibility index (Phi) is 4.80. The van der Waals surface area contributed by atoms with E-state index in [0.29, 0.717) is 11.1 Å². The lowest BCUT2D eigenvalue weighted by atomic mass is 10.0. The number of hydrogen-bond acceptors (Lipinski definition) is 4. The van der Waals surface area contributed by atoms with Crippen LogP contribution in [0.3, 0.4) is 0 Å². The van der Waals surface area contributed by atoms with Crippen molar-refractivity contribution in [3.63, 3.8) is 0 Å². The molecule has 0 radical (unpaired) electrons. The van der Waals surface area contributed by atoms with Crippen LogP contribution < -0.4 is 5.56 Å². The van der Waals surface area contributed by atoms with Crippen LogP contribution in [0, 0.1) is 0 Å². The Morgan fingerprint density at radius 3 is 2.52 bits per heavy atom. The second-order valence-electron chi connectivity index (χ2n) is 4.85. The first kappa shape index (κ1) is 15.3. The van der Waals surface area contributed by atoms with Gasteiger partial charge in [0, 0.05) is 18.0 Å². The number of carbonyl (C=O) groups is 1. The van der Waals surface area contributed by atoms with E-state index in [9.17, 15) is 9.59 Å². The van der Waals surface area contributed by atoms with Crippen LogP contribution in [-0.4, -0.2) is 26.4 Å². The van der Waals surface area contributed by atoms with Crippen molar-refractivity contribution in [1.29, 1.82) is 0 Å². The fourth-order valence-electron chi connectivity index (χ4n) is 1.83. The van der Waals surface area contributed by atoms with Crippen molar-refractivity contribution < 1.29 is 9.90 Å². The first-order chi connectivity index (χ1) is 9.97. The van der Waals surface area contributed by atoms with Gasteiger partial charge in [0.05, 0.1) is 5.75 Å². The van der Waals surface area contributed by atoms with Gasteiger partial charge >= 0.3 is 5.97 Å². The van der Waals surface area contributed by atoms with Crippen molar-refractivity contribution in [3.05, 3.63) is 52.4 Å². The molecule has 0 unspecified atom stereocenters. The van der Waals surface area contributed by atoms with Gasteiger partial charge in [-0.15, -0.1) is 0 Å². The van der Waals surface area contributed by atoms with Crippen LogP contribution in [-0.2, 0) is 4.79 Å². The molecule has 1 heterocycles. The second-order valence-corrected chi connectivity index (χ2v) is 5.79. The maximum Gasteiger partial charge on any atom is 0.313 e. The molecule has 21 heavy (non-hydrogen) atoms. The molecule has 2 rings (SSSR count). The standard InChI is InChI=1S/C15H16N2O3S/c1-10(2)11-3-5-12(6-4-11)17-8-7-13(18)16-15(17)21-9-14(19)20/h3-8,10H,9H2,1-2H3,(H,19,20). The quantitative estimate of drug-likeness (QED) is 0.679. The number of benzene rings is 1. The maximum absolute atomic E-state index is 11.4. The predicted molar refractivity (Wildman–Crippen MR) is 82.3 cm³/mol. The highest BCUT2D eigenvalue weighted by Crippen LogP contribution is 2.21. The topological polar surface area (TPSA) is 72.2 Å². The minimum Gasteiger partial charge on any atom is -0.481 e. The molecule has 0 aliphatic rings. The summed E-state index contributed by atoms with van der Waals surface area (Å²) in [4.78, 5) is 26.0. The highest BCUT2D eigenvalue weighted by atomic mass is 32.2. The summed E-state index contributed by atoms with van der Waals surface area (Å²) in [5, 5.41) is 9.14. The number of carboxylic acids is 1. The molecule has 0 saturated carbocycles. The molecule has 110 valence electrons. The number of thioether (sulfide) groups is 1. The average molecular weight is 304 g/mol. The molecule has 5 nitrogen and oxygen atoms in total. The number of rotatable bonds is 5. The van der Waals surface area contributed by atoms with Crippen LogP contribution in [0.4, 0.5) is 0 Å². The summed E-state index contributed by atoms with van der Waals surface area (Å²) in [6, 6.07) is 9.27. The molecule has 1 aromatic heterocycles. The normalized spacial score (nSPS) is 10.8. The zero-order valence-corrected chi connectivity index (χ0v) is 12.6. The Balaban J connectivity index is 2.37. The first-order valence-corrected chi connectivity index (χ1v) is 7.50. The monoisotopic (exact) mass is 304 g/mol. The smallest absolute Gasteiger partial charge is 0.313 e. The predicted octanol–water partition coefficient (Wildman–Crippen LogP) is 2.53. The molecular weight excluding hydrogens is 288 g/mol. The van der Waals surface area contributed by atoms with Gasteiger partial charge in [-0.3, -0.25) is 14.2 Å². The molecule has 0 aliphatic heterocycles. The van der Waals surface area contributed by atoms with E-state index >= 15 is 0 Å². The number of aliphatic carboxylic acids is 1. The SMILES string of the molecule is CC(C)c1ccc(-n2ccc(=O)nc2SCC(=O)O)cc1. The van der Waals surface area contributed by atoms with Gasteiger partial charge in [0.25, 0.3) is 5.56 Å². The highest BCUT2D eigenvalue weighted by Gasteiger charge is 2.09. The fraction of sp³-hybridized carbons (Fsp3) is 0.267. The lowest BCUT2D eigenvalue weighted by Gasteiger charge is -2.12. The maximum atomic E-state index is 11.4. The molecule has 0 bridgehead atoms. The molecule has 6 heteroatoms. The molecule has 1 N–H and O–H groups in total. The van der Waals surface area contributed by atoms with E-state index in [-0.39, 0.29) is 11.3 Å². The first-order valence-electron chi connectivity index (χ1n) is 6.52. The summed E-state index contributed by atoms with van der Waals surface area (Å²) in [6.07, 6.45) is 1.61. The summed E-state index contributed by atoms with van der Waals surface area (Å²) in [6.45, 7) is 4.23. The minimum absolute atomic E-state index is 0.138. The van der Waals surface area contributed by atoms with Crippen LogP contribution in [0.2, 0.25) is 0 Å². The van der Waals surface area contributed by atoms with Gasteiger partial charge in [0.2, 0.25) is 0 Å². The summed E-state index contributed by atoms with van der Waals surface area (Å²) in [5.41, 5.74) is 1.69. The Labute approximate surface area is 126 Å². The molecule has 0 aliphatic carbocycles. The lowest BCUT2D eigenvalue weighted by Crippen LogP contribution is -2.13. The van der Waals surface area contributed by atoms with Crippen LogP contribution in [0.5, 0.6) is 0 Å². The molecule has 0 saturated heterocycles. The third kappa shape index (κ3) is 3.95. The van der Waals surface area contributed by atoms with Crippen molar-refractivity contribution in [1.82, 2.24) is 9.55 Å². The van der Waals surface area contributed by atoms with Crippen LogP contribution >= 0.6 is 11.8 Å². The zero-order valence-electron chi connectivity index (χ0n) is 11.8. The largest absolute Gasteiger partial charge is 0.481 e. The van der Waals surface area contributed by atoms with Crippen molar-refractivity contribution in [2.75, 3.05) is 5.75 Å². The lowest BCUT2D eigenvalue weighted by molar-refractivity contribution is -0.133. The van der Waals surface area contributed by atoms with Gasteiger partial charge in [-0.05, 0) is 23.6 Å². The van der Waals surface area contributed by atoms with E-state index in [4.69, 9.17) is 5.11 Å². The third-order valence-corrected chi connectivity index (χ3v) is 3.88. The van der Waals surface area contributed by atoms with Gasteiger partial charge in [0.1, 0.15) is 0 Å². The van der Waals surface area contributed by atoms with Gasteiger partial charge in [-0.2, -0.15) is 4.98 Å². The Hall–Kier alpha value is -2.08. The van der Waals surface area contributed by atoms with Crippen molar-refractivity contribution in [2.24, 2.45) is 0 Å². The van der Waals surface area contributed by atoms with Crippen LogP contribution in [0.1, 0.15) is 25.3 Å². The van der Waals surface area contributed by atoms with E-state index in [1.54, 1.807) is 10.8 Å². The Morgan fingerprint density at radius 1 is 1.29 bits per heavy atom. The van der Waals surface area contributed by atoms with Crippen LogP contribution in [0.15, 0.2) is 46.5 Å². The molecule has 0 amide bonds. The molecule has 2 aromatic rings. The zero-order chi connectivity index (χ0) is 15.4. The molecule has 1 aromatic carbocycles. The van der Waals surface area contributed by atoms with Gasteiger partial charge in [0.15, 0.2) is 5.16 Å². The van der Waals surface area contributed by atoms with Crippen molar-refractivity contribution in [3.8, 4) is 5.69 Å². The van der Waals surface area contributed by atoms with E-state index in [2.05, 4.69) is 18.8 Å². The van der Waals surface area contributed by atoms with E-state index in [1.165, 1.54) is 11.6 Å². The van der Waals surface area contributed by atoms with Gasteiger partial charge in [-0.25, -0.2) is 0 Å². The molecule has 0 spiro atoms. The number of aromatic nitrogens is 2. The van der Waals surface area contributed by atoms with E-state index in [0.717, 1.165) is 17.4 Å². The summed E-state index contributed by atoms with van der Waals surface area (Å²) >= 11 is 1.03. The van der Waals surface area contributed by atoms with Crippen LogP contribution in [0.25, 0.3) is 5.69 Å². The van der Waals surface area contributed by atoms with E-state index < -0.39 is 5.97 Å². The summed E-state index contributed by atoms with van der Waals surface area (Å²) in [7, 11) is 0. The van der Waals surface area contributed by atoms with E-state index in [1.807, 2.05) is 24.3 Å². The number of hydrogen-bond donors (Lipinski definition) is 1. The third-order valence-electron chi connectivity index (χ3n) is 2.94. The molecule has 0 fully saturated rings. The summed E-state index contributed by atoms with van der Waals surface area (Å²) in [5.74, 6) is -0.646. The van der Waals surface area contributed by atoms with Crippen molar-refractivity contribution >= 4 is 17.7 Å². The number of nitrogens with zero attached hydrogens (tertiary/aromatic N) is 2. The average Bonchev–Trinajstić information content (AvgIpc) is 2.45. The highest BCUT2D eigenvalue weighted by molar-refractivity contribution is 7.99.